The van der Waals surface area contributed by atoms with E-state index in [1.54, 1.807) is 24.3 Å². The fourth-order valence-electron chi connectivity index (χ4n) is 4.48. The lowest BCUT2D eigenvalue weighted by molar-refractivity contribution is -0.154. The Morgan fingerprint density at radius 1 is 1.10 bits per heavy atom. The maximum Gasteiger partial charge on any atom is 0.326 e. The van der Waals surface area contributed by atoms with Crippen molar-refractivity contribution < 1.29 is 28.7 Å². The highest BCUT2D eigenvalue weighted by molar-refractivity contribution is 6.08. The summed E-state index contributed by atoms with van der Waals surface area (Å²) in [4.78, 5) is 50.3. The summed E-state index contributed by atoms with van der Waals surface area (Å²) in [5.41, 5.74) is 0.469. The number of anilines is 1. The lowest BCUT2D eigenvalue weighted by atomic mass is 9.85. The van der Waals surface area contributed by atoms with Crippen LogP contribution in [0.25, 0.3) is 0 Å². The molecule has 8 heteroatoms. The van der Waals surface area contributed by atoms with E-state index in [2.05, 4.69) is 5.32 Å². The SMILES string of the molecule is CCOc1ccccc1NC(=O)COC(=O)CN1C(=O)[C@@H]2[C@@H](C1=O)[C@H]1C=C[C@H]2C1. The molecule has 2 fully saturated rings. The molecule has 3 amide bonds. The summed E-state index contributed by atoms with van der Waals surface area (Å²) in [5, 5.41) is 2.62. The second kappa shape index (κ2) is 7.69. The number of amides is 3. The van der Waals surface area contributed by atoms with Crippen LogP contribution in [0, 0.1) is 23.7 Å². The molecule has 3 aliphatic rings. The highest BCUT2D eigenvalue weighted by Gasteiger charge is 2.59. The molecule has 1 aromatic rings. The number of allylic oxidation sites excluding steroid dienone is 2. The molecule has 4 rings (SSSR count). The van der Waals surface area contributed by atoms with Crippen LogP contribution in [0.15, 0.2) is 36.4 Å². The van der Waals surface area contributed by atoms with Gasteiger partial charge in [-0.25, -0.2) is 0 Å². The van der Waals surface area contributed by atoms with Crippen LogP contribution in [0.3, 0.4) is 0 Å². The number of likely N-dealkylation sites (tertiary alicyclic amines) is 1. The minimum absolute atomic E-state index is 0.0821. The Bertz CT molecular complexity index is 865. The first-order chi connectivity index (χ1) is 14.0. The number of nitrogens with one attached hydrogen (secondary N) is 1. The summed E-state index contributed by atoms with van der Waals surface area (Å²) < 4.78 is 10.4. The van der Waals surface area contributed by atoms with Crippen LogP contribution in [0.4, 0.5) is 5.69 Å². The van der Waals surface area contributed by atoms with Gasteiger partial charge in [-0.3, -0.25) is 24.1 Å². The molecule has 2 aliphatic carbocycles. The van der Waals surface area contributed by atoms with Gasteiger partial charge in [0.25, 0.3) is 5.91 Å². The molecular formula is C21H22N2O6. The van der Waals surface area contributed by atoms with E-state index in [0.717, 1.165) is 11.3 Å². The van der Waals surface area contributed by atoms with Crippen molar-refractivity contribution in [3.63, 3.8) is 0 Å². The van der Waals surface area contributed by atoms with Crippen LogP contribution >= 0.6 is 0 Å². The van der Waals surface area contributed by atoms with Gasteiger partial charge in [-0.05, 0) is 37.3 Å². The molecule has 4 atom stereocenters. The van der Waals surface area contributed by atoms with E-state index in [1.807, 2.05) is 19.1 Å². The van der Waals surface area contributed by atoms with E-state index in [4.69, 9.17) is 9.47 Å². The second-order valence-electron chi connectivity index (χ2n) is 7.40. The van der Waals surface area contributed by atoms with E-state index in [0.29, 0.717) is 18.0 Å². The van der Waals surface area contributed by atoms with Gasteiger partial charge in [-0.15, -0.1) is 0 Å². The summed E-state index contributed by atoms with van der Waals surface area (Å²) >= 11 is 0. The third kappa shape index (κ3) is 3.50. The lowest BCUT2D eigenvalue weighted by Crippen LogP contribution is -2.38. The number of rotatable bonds is 7. The fourth-order valence-corrected chi connectivity index (χ4v) is 4.48. The molecule has 2 bridgehead atoms. The maximum atomic E-state index is 12.6. The molecule has 1 aliphatic heterocycles. The van der Waals surface area contributed by atoms with Gasteiger partial charge in [0, 0.05) is 0 Å². The third-order valence-electron chi connectivity index (χ3n) is 5.67. The van der Waals surface area contributed by atoms with Gasteiger partial charge in [-0.1, -0.05) is 24.3 Å². The average molecular weight is 398 g/mol. The molecule has 1 aromatic carbocycles. The highest BCUT2D eigenvalue weighted by atomic mass is 16.5. The first-order valence-corrected chi connectivity index (χ1v) is 9.70. The van der Waals surface area contributed by atoms with Gasteiger partial charge in [0.1, 0.15) is 12.3 Å². The summed E-state index contributed by atoms with van der Waals surface area (Å²) in [6, 6.07) is 6.91. The molecule has 1 heterocycles. The van der Waals surface area contributed by atoms with E-state index >= 15 is 0 Å². The predicted octanol–water partition coefficient (Wildman–Crippen LogP) is 1.37. The van der Waals surface area contributed by atoms with Crippen molar-refractivity contribution in [3.05, 3.63) is 36.4 Å². The largest absolute Gasteiger partial charge is 0.492 e. The zero-order chi connectivity index (χ0) is 20.5. The van der Waals surface area contributed by atoms with E-state index in [-0.39, 0.29) is 35.5 Å². The molecular weight excluding hydrogens is 376 g/mol. The number of benzene rings is 1. The molecule has 0 unspecified atom stereocenters. The predicted molar refractivity (Wildman–Crippen MR) is 102 cm³/mol. The van der Waals surface area contributed by atoms with Crippen molar-refractivity contribution in [3.8, 4) is 5.75 Å². The van der Waals surface area contributed by atoms with Gasteiger partial charge >= 0.3 is 5.97 Å². The van der Waals surface area contributed by atoms with Crippen molar-refractivity contribution in [1.82, 2.24) is 4.90 Å². The van der Waals surface area contributed by atoms with Crippen molar-refractivity contribution >= 4 is 29.4 Å². The number of ether oxygens (including phenoxy) is 2. The molecule has 1 saturated carbocycles. The Hall–Kier alpha value is -3.16. The van der Waals surface area contributed by atoms with Gasteiger partial charge in [-0.2, -0.15) is 0 Å². The van der Waals surface area contributed by atoms with Crippen LogP contribution in [0.1, 0.15) is 13.3 Å². The molecule has 0 aromatic heterocycles. The monoisotopic (exact) mass is 398 g/mol. The Balaban J connectivity index is 1.29. The van der Waals surface area contributed by atoms with E-state index < -0.39 is 25.0 Å². The number of carbonyl (C=O) groups is 4. The molecule has 1 saturated heterocycles. The topological polar surface area (TPSA) is 102 Å². The van der Waals surface area contributed by atoms with Crippen LogP contribution in [0.5, 0.6) is 5.75 Å². The van der Waals surface area contributed by atoms with Crippen LogP contribution in [0.2, 0.25) is 0 Å². The summed E-state index contributed by atoms with van der Waals surface area (Å²) in [7, 11) is 0. The Kier molecular flexibility index (Phi) is 5.08. The maximum absolute atomic E-state index is 12.6. The minimum atomic E-state index is -0.791. The van der Waals surface area contributed by atoms with Crippen molar-refractivity contribution in [2.24, 2.45) is 23.7 Å². The number of hydrogen-bond acceptors (Lipinski definition) is 6. The zero-order valence-corrected chi connectivity index (χ0v) is 16.0. The van der Waals surface area contributed by atoms with Gasteiger partial charge in [0.15, 0.2) is 6.61 Å². The van der Waals surface area contributed by atoms with E-state index in [9.17, 15) is 19.2 Å². The summed E-state index contributed by atoms with van der Waals surface area (Å²) in [6.45, 7) is 1.29. The van der Waals surface area contributed by atoms with Crippen molar-refractivity contribution in [1.29, 1.82) is 0 Å². The molecule has 0 spiro atoms. The van der Waals surface area contributed by atoms with Gasteiger partial charge < -0.3 is 14.8 Å². The molecule has 152 valence electrons. The Morgan fingerprint density at radius 2 is 1.76 bits per heavy atom. The Labute approximate surface area is 167 Å². The number of fused-ring (bicyclic) bond motifs is 5. The number of hydrogen-bond donors (Lipinski definition) is 1. The Morgan fingerprint density at radius 3 is 2.41 bits per heavy atom. The fraction of sp³-hybridized carbons (Fsp3) is 0.429. The first-order valence-electron chi connectivity index (χ1n) is 9.70. The second-order valence-corrected chi connectivity index (χ2v) is 7.40. The molecule has 8 nitrogen and oxygen atoms in total. The van der Waals surface area contributed by atoms with Gasteiger partial charge in [0.05, 0.1) is 24.1 Å². The summed E-state index contributed by atoms with van der Waals surface area (Å²) in [6.07, 6.45) is 4.81. The first kappa shape index (κ1) is 19.2. The number of imide groups is 1. The third-order valence-corrected chi connectivity index (χ3v) is 5.67. The van der Waals surface area contributed by atoms with Crippen LogP contribution in [-0.2, 0) is 23.9 Å². The number of esters is 1. The molecule has 29 heavy (non-hydrogen) atoms. The average Bonchev–Trinajstić information content (AvgIpc) is 3.38. The van der Waals surface area contributed by atoms with Crippen molar-refractivity contribution in [2.75, 3.05) is 25.1 Å². The molecule has 0 radical (unpaired) electrons. The standard InChI is InChI=1S/C21H22N2O6/c1-2-28-15-6-4-3-5-14(15)22-16(24)11-29-17(25)10-23-20(26)18-12-7-8-13(9-12)19(18)21(23)27/h3-8,12-13,18-19H,2,9-11H2,1H3,(H,22,24)/t12-,13-,18-,19-/m0/s1. The number of para-hydroxylation sites is 2. The smallest absolute Gasteiger partial charge is 0.326 e. The zero-order valence-electron chi connectivity index (χ0n) is 16.0. The van der Waals surface area contributed by atoms with Crippen LogP contribution < -0.4 is 10.1 Å². The van der Waals surface area contributed by atoms with E-state index in [1.165, 1.54) is 0 Å². The normalized spacial score (nSPS) is 26.6. The lowest BCUT2D eigenvalue weighted by Gasteiger charge is -2.16. The quantitative estimate of drug-likeness (QED) is 0.423. The molecule has 1 N–H and O–H groups in total. The van der Waals surface area contributed by atoms with Gasteiger partial charge in [0.2, 0.25) is 11.8 Å². The van der Waals surface area contributed by atoms with Crippen LogP contribution in [-0.4, -0.2) is 48.3 Å². The van der Waals surface area contributed by atoms with Crippen molar-refractivity contribution in [2.45, 2.75) is 13.3 Å². The minimum Gasteiger partial charge on any atom is -0.492 e. The summed E-state index contributed by atoms with van der Waals surface area (Å²) in [5.74, 6) is -2.00. The number of carbonyl (C=O) groups excluding carboxylic acids is 4. The highest BCUT2D eigenvalue weighted by Crippen LogP contribution is 2.52. The number of nitrogens with zero attached hydrogens (tertiary/aromatic N) is 1.